The van der Waals surface area contributed by atoms with E-state index in [0.29, 0.717) is 9.23 Å². The molecule has 0 aliphatic carbocycles. The molecule has 0 unspecified atom stereocenters. The molecule has 0 aromatic heterocycles. The number of thiocarbonyl (C=S) groups is 1. The van der Waals surface area contributed by atoms with E-state index < -0.39 is 5.97 Å². The molecule has 17 heavy (non-hydrogen) atoms. The summed E-state index contributed by atoms with van der Waals surface area (Å²) in [6, 6.07) is 0. The van der Waals surface area contributed by atoms with Crippen LogP contribution < -0.4 is 0 Å². The van der Waals surface area contributed by atoms with Crippen molar-refractivity contribution in [3.05, 3.63) is 10.5 Å². The SMILES string of the molecule is CCCC(CC)=C1SC(=S)N(CC(=O)O)C1=O. The van der Waals surface area contributed by atoms with Crippen molar-refractivity contribution in [2.75, 3.05) is 6.54 Å². The highest BCUT2D eigenvalue weighted by Crippen LogP contribution is 2.35. The van der Waals surface area contributed by atoms with E-state index in [1.54, 1.807) is 0 Å². The van der Waals surface area contributed by atoms with Crippen LogP contribution in [0.4, 0.5) is 0 Å². The summed E-state index contributed by atoms with van der Waals surface area (Å²) in [5.74, 6) is -1.30. The molecular weight excluding hydrogens is 258 g/mol. The van der Waals surface area contributed by atoms with Gasteiger partial charge in [-0.05, 0) is 12.8 Å². The normalized spacial score (nSPS) is 18.8. The highest BCUT2D eigenvalue weighted by Gasteiger charge is 2.34. The zero-order valence-corrected chi connectivity index (χ0v) is 11.5. The molecule has 1 heterocycles. The van der Waals surface area contributed by atoms with Gasteiger partial charge in [0, 0.05) is 0 Å². The van der Waals surface area contributed by atoms with E-state index in [1.165, 1.54) is 11.8 Å². The third kappa shape index (κ3) is 3.29. The first-order valence-electron chi connectivity index (χ1n) is 5.48. The van der Waals surface area contributed by atoms with Crippen LogP contribution in [0, 0.1) is 0 Å². The largest absolute Gasteiger partial charge is 0.480 e. The van der Waals surface area contributed by atoms with Gasteiger partial charge in [-0.3, -0.25) is 14.5 Å². The molecule has 1 fully saturated rings. The van der Waals surface area contributed by atoms with Gasteiger partial charge in [-0.15, -0.1) is 0 Å². The maximum atomic E-state index is 12.0. The van der Waals surface area contributed by atoms with Crippen LogP contribution in [0.15, 0.2) is 10.5 Å². The summed E-state index contributed by atoms with van der Waals surface area (Å²) in [6.07, 6.45) is 2.62. The quantitative estimate of drug-likeness (QED) is 0.615. The summed E-state index contributed by atoms with van der Waals surface area (Å²) in [7, 11) is 0. The van der Waals surface area contributed by atoms with Crippen LogP contribution in [0.1, 0.15) is 33.1 Å². The fourth-order valence-electron chi connectivity index (χ4n) is 1.64. The van der Waals surface area contributed by atoms with Gasteiger partial charge in [0.25, 0.3) is 5.91 Å². The van der Waals surface area contributed by atoms with Gasteiger partial charge in [0.2, 0.25) is 0 Å². The van der Waals surface area contributed by atoms with Crippen LogP contribution in [0.25, 0.3) is 0 Å². The Labute approximate surface area is 110 Å². The van der Waals surface area contributed by atoms with Crippen molar-refractivity contribution in [3.63, 3.8) is 0 Å². The minimum absolute atomic E-state index is 0.257. The summed E-state index contributed by atoms with van der Waals surface area (Å²) in [6.45, 7) is 3.69. The van der Waals surface area contributed by atoms with E-state index in [-0.39, 0.29) is 12.5 Å². The molecule has 0 atom stereocenters. The van der Waals surface area contributed by atoms with Crippen LogP contribution in [-0.2, 0) is 9.59 Å². The second kappa shape index (κ2) is 6.16. The van der Waals surface area contributed by atoms with Crippen molar-refractivity contribution in [2.45, 2.75) is 33.1 Å². The predicted molar refractivity (Wildman–Crippen MR) is 71.8 cm³/mol. The van der Waals surface area contributed by atoms with E-state index >= 15 is 0 Å². The summed E-state index contributed by atoms with van der Waals surface area (Å²) < 4.78 is 0.342. The lowest BCUT2D eigenvalue weighted by Crippen LogP contribution is -2.33. The fourth-order valence-corrected chi connectivity index (χ4v) is 3.06. The number of allylic oxidation sites excluding steroid dienone is 1. The van der Waals surface area contributed by atoms with Gasteiger partial charge in [-0.25, -0.2) is 0 Å². The highest BCUT2D eigenvalue weighted by atomic mass is 32.2. The Hall–Kier alpha value is -0.880. The molecule has 1 N–H and O–H groups in total. The molecule has 0 saturated carbocycles. The molecule has 0 aromatic carbocycles. The Morgan fingerprint density at radius 3 is 2.59 bits per heavy atom. The van der Waals surface area contributed by atoms with Crippen LogP contribution in [0.3, 0.4) is 0 Å². The van der Waals surface area contributed by atoms with Crippen molar-refractivity contribution in [2.24, 2.45) is 0 Å². The highest BCUT2D eigenvalue weighted by molar-refractivity contribution is 8.26. The van der Waals surface area contributed by atoms with Crippen LogP contribution >= 0.6 is 24.0 Å². The van der Waals surface area contributed by atoms with Crippen molar-refractivity contribution in [1.82, 2.24) is 4.90 Å². The molecule has 1 aliphatic heterocycles. The third-order valence-electron chi connectivity index (χ3n) is 2.44. The molecule has 0 bridgehead atoms. The van der Waals surface area contributed by atoms with E-state index in [0.717, 1.165) is 29.7 Å². The molecule has 1 saturated heterocycles. The Morgan fingerprint density at radius 1 is 1.47 bits per heavy atom. The van der Waals surface area contributed by atoms with Crippen molar-refractivity contribution in [3.8, 4) is 0 Å². The van der Waals surface area contributed by atoms with Crippen LogP contribution in [0.5, 0.6) is 0 Å². The molecule has 6 heteroatoms. The summed E-state index contributed by atoms with van der Waals surface area (Å²) >= 11 is 6.26. The van der Waals surface area contributed by atoms with Gasteiger partial charge in [0.1, 0.15) is 10.9 Å². The standard InChI is InChI=1S/C11H15NO3S2/c1-3-5-7(4-2)9-10(15)12(6-8(13)14)11(16)17-9/h3-6H2,1-2H3,(H,13,14). The number of aliphatic carboxylic acids is 1. The number of hydrogen-bond acceptors (Lipinski definition) is 4. The topological polar surface area (TPSA) is 57.6 Å². The smallest absolute Gasteiger partial charge is 0.323 e. The number of carbonyl (C=O) groups excluding carboxylic acids is 1. The first-order valence-corrected chi connectivity index (χ1v) is 6.71. The van der Waals surface area contributed by atoms with E-state index in [1.807, 2.05) is 13.8 Å². The van der Waals surface area contributed by atoms with E-state index in [9.17, 15) is 9.59 Å². The average Bonchev–Trinajstić information content (AvgIpc) is 2.53. The zero-order chi connectivity index (χ0) is 13.0. The number of amides is 1. The summed E-state index contributed by atoms with van der Waals surface area (Å²) in [5.41, 5.74) is 1.07. The molecule has 4 nitrogen and oxygen atoms in total. The summed E-state index contributed by atoms with van der Waals surface area (Å²) in [5, 5.41) is 8.72. The van der Waals surface area contributed by atoms with Gasteiger partial charge in [-0.1, -0.05) is 49.8 Å². The minimum atomic E-state index is -1.05. The zero-order valence-electron chi connectivity index (χ0n) is 9.86. The fraction of sp³-hybridized carbons (Fsp3) is 0.545. The second-order valence-electron chi connectivity index (χ2n) is 3.69. The summed E-state index contributed by atoms with van der Waals surface area (Å²) in [4.78, 5) is 24.4. The van der Waals surface area contributed by atoms with Gasteiger partial charge in [0.15, 0.2) is 0 Å². The molecule has 1 amide bonds. The van der Waals surface area contributed by atoms with E-state index in [2.05, 4.69) is 0 Å². The molecule has 1 rings (SSSR count). The number of hydrogen-bond donors (Lipinski definition) is 1. The average molecular weight is 273 g/mol. The lowest BCUT2D eigenvalue weighted by Gasteiger charge is -2.11. The molecular formula is C11H15NO3S2. The molecule has 0 aromatic rings. The Kier molecular flexibility index (Phi) is 5.14. The first-order chi connectivity index (χ1) is 8.01. The maximum absolute atomic E-state index is 12.0. The number of rotatable bonds is 5. The number of carboxylic acids is 1. The van der Waals surface area contributed by atoms with Crippen LogP contribution in [0.2, 0.25) is 0 Å². The van der Waals surface area contributed by atoms with Crippen molar-refractivity contribution >= 4 is 40.2 Å². The van der Waals surface area contributed by atoms with Gasteiger partial charge in [-0.2, -0.15) is 0 Å². The Bertz CT molecular complexity index is 390. The molecule has 94 valence electrons. The lowest BCUT2D eigenvalue weighted by atomic mass is 10.1. The number of carboxylic acid groups (broad SMARTS) is 1. The van der Waals surface area contributed by atoms with Crippen molar-refractivity contribution < 1.29 is 14.7 Å². The van der Waals surface area contributed by atoms with Gasteiger partial charge in [0.05, 0.1) is 4.91 Å². The number of carbonyl (C=O) groups is 2. The Morgan fingerprint density at radius 2 is 2.12 bits per heavy atom. The van der Waals surface area contributed by atoms with Gasteiger partial charge >= 0.3 is 5.97 Å². The predicted octanol–water partition coefficient (Wildman–Crippen LogP) is 2.40. The third-order valence-corrected chi connectivity index (χ3v) is 3.98. The Balaban J connectivity index is 2.96. The van der Waals surface area contributed by atoms with E-state index in [4.69, 9.17) is 17.3 Å². The number of thioether (sulfide) groups is 1. The van der Waals surface area contributed by atoms with Crippen LogP contribution in [-0.4, -0.2) is 32.7 Å². The molecule has 0 spiro atoms. The van der Waals surface area contributed by atoms with Crippen molar-refractivity contribution in [1.29, 1.82) is 0 Å². The second-order valence-corrected chi connectivity index (χ2v) is 5.33. The maximum Gasteiger partial charge on any atom is 0.323 e. The minimum Gasteiger partial charge on any atom is -0.480 e. The molecule has 1 aliphatic rings. The first kappa shape index (κ1) is 14.2. The lowest BCUT2D eigenvalue weighted by molar-refractivity contribution is -0.140. The number of nitrogens with zero attached hydrogens (tertiary/aromatic N) is 1. The molecule has 0 radical (unpaired) electrons. The monoisotopic (exact) mass is 273 g/mol. The van der Waals surface area contributed by atoms with Gasteiger partial charge < -0.3 is 5.11 Å².